The fraction of sp³-hybridized carbons (Fsp3) is 0.667. The number of hydrogen-bond acceptors (Lipinski definition) is 2. The molecule has 0 radical (unpaired) electrons. The number of aliphatic hydroxyl groups is 1. The molecular formula is C18H25F2NO. The first kappa shape index (κ1) is 15.9. The van der Waals surface area contributed by atoms with Crippen LogP contribution in [0.1, 0.15) is 51.7 Å². The number of fused-ring (bicyclic) bond motifs is 2. The van der Waals surface area contributed by atoms with E-state index < -0.39 is 17.7 Å². The van der Waals surface area contributed by atoms with E-state index in [1.54, 1.807) is 0 Å². The largest absolute Gasteiger partial charge is 0.387 e. The smallest absolute Gasteiger partial charge is 0.159 e. The Morgan fingerprint density at radius 2 is 1.95 bits per heavy atom. The second-order valence-electron chi connectivity index (χ2n) is 8.33. The summed E-state index contributed by atoms with van der Waals surface area (Å²) in [5.41, 5.74) is 1.09. The summed E-state index contributed by atoms with van der Waals surface area (Å²) in [4.78, 5) is 2.33. The van der Waals surface area contributed by atoms with Crippen LogP contribution in [0.3, 0.4) is 0 Å². The van der Waals surface area contributed by atoms with Crippen molar-refractivity contribution in [2.75, 3.05) is 13.1 Å². The van der Waals surface area contributed by atoms with Crippen molar-refractivity contribution in [2.24, 2.45) is 10.8 Å². The molecule has 3 rings (SSSR count). The number of β-amino-alcohol motifs (C(OH)–C–C–N with tert-alkyl or cyclic N) is 1. The Bertz CT molecular complexity index is 574. The number of benzene rings is 1. The summed E-state index contributed by atoms with van der Waals surface area (Å²) in [6.07, 6.45) is 2.73. The van der Waals surface area contributed by atoms with Gasteiger partial charge in [0.15, 0.2) is 11.6 Å². The first-order valence-electron chi connectivity index (χ1n) is 8.05. The van der Waals surface area contributed by atoms with Crippen LogP contribution in [-0.2, 0) is 0 Å². The van der Waals surface area contributed by atoms with Crippen LogP contribution in [0.4, 0.5) is 8.78 Å². The molecule has 122 valence electrons. The lowest BCUT2D eigenvalue weighted by molar-refractivity contribution is 0.0919. The fourth-order valence-electron chi connectivity index (χ4n) is 4.84. The molecule has 1 aromatic rings. The normalized spacial score (nSPS) is 32.2. The highest BCUT2D eigenvalue weighted by atomic mass is 19.2. The van der Waals surface area contributed by atoms with E-state index in [1.807, 2.05) is 0 Å². The van der Waals surface area contributed by atoms with Crippen LogP contribution in [0, 0.1) is 22.5 Å². The van der Waals surface area contributed by atoms with Gasteiger partial charge in [0.1, 0.15) is 0 Å². The van der Waals surface area contributed by atoms with Crippen molar-refractivity contribution < 1.29 is 13.9 Å². The second kappa shape index (κ2) is 5.27. The summed E-state index contributed by atoms with van der Waals surface area (Å²) in [6, 6.07) is 4.14. The first-order chi connectivity index (χ1) is 10.2. The fourth-order valence-corrected chi connectivity index (χ4v) is 4.84. The Balaban J connectivity index is 1.72. The monoisotopic (exact) mass is 309 g/mol. The Morgan fingerprint density at radius 1 is 1.23 bits per heavy atom. The second-order valence-corrected chi connectivity index (χ2v) is 8.33. The molecule has 1 aliphatic heterocycles. The van der Waals surface area contributed by atoms with E-state index in [0.29, 0.717) is 29.0 Å². The lowest BCUT2D eigenvalue weighted by atomic mass is 9.65. The molecule has 2 nitrogen and oxygen atoms in total. The number of halogens is 2. The number of likely N-dealkylation sites (tertiary alicyclic amines) is 1. The van der Waals surface area contributed by atoms with Crippen molar-refractivity contribution >= 4 is 0 Å². The third-order valence-electron chi connectivity index (χ3n) is 5.26. The van der Waals surface area contributed by atoms with Crippen LogP contribution in [0.25, 0.3) is 0 Å². The van der Waals surface area contributed by atoms with Crippen LogP contribution >= 0.6 is 0 Å². The highest BCUT2D eigenvalue weighted by molar-refractivity contribution is 5.20. The first-order valence-corrected chi connectivity index (χ1v) is 8.05. The molecule has 22 heavy (non-hydrogen) atoms. The molecule has 2 bridgehead atoms. The van der Waals surface area contributed by atoms with Crippen LogP contribution in [0.5, 0.6) is 0 Å². The van der Waals surface area contributed by atoms with Gasteiger partial charge >= 0.3 is 0 Å². The molecule has 1 heterocycles. The average molecular weight is 309 g/mol. The zero-order valence-electron chi connectivity index (χ0n) is 13.6. The molecular weight excluding hydrogens is 284 g/mol. The van der Waals surface area contributed by atoms with Crippen molar-refractivity contribution in [2.45, 2.75) is 52.2 Å². The Hall–Kier alpha value is -1.00. The molecule has 1 saturated heterocycles. The van der Waals surface area contributed by atoms with Crippen molar-refractivity contribution in [3.63, 3.8) is 0 Å². The van der Waals surface area contributed by atoms with Crippen LogP contribution in [0.15, 0.2) is 18.2 Å². The van der Waals surface area contributed by atoms with Crippen molar-refractivity contribution in [1.82, 2.24) is 4.90 Å². The maximum atomic E-state index is 13.3. The summed E-state index contributed by atoms with van der Waals surface area (Å²) < 4.78 is 26.3. The van der Waals surface area contributed by atoms with E-state index in [1.165, 1.54) is 18.9 Å². The van der Waals surface area contributed by atoms with Gasteiger partial charge in [-0.3, -0.25) is 4.90 Å². The zero-order chi connectivity index (χ0) is 16.1. The predicted molar refractivity (Wildman–Crippen MR) is 82.4 cm³/mol. The summed E-state index contributed by atoms with van der Waals surface area (Å²) in [6.45, 7) is 8.41. The Labute approximate surface area is 131 Å². The van der Waals surface area contributed by atoms with Crippen molar-refractivity contribution in [1.29, 1.82) is 0 Å². The van der Waals surface area contributed by atoms with Gasteiger partial charge in [0.2, 0.25) is 0 Å². The van der Waals surface area contributed by atoms with Gasteiger partial charge in [-0.1, -0.05) is 26.8 Å². The lowest BCUT2D eigenvalue weighted by Crippen LogP contribution is -2.36. The number of hydrogen-bond donors (Lipinski definition) is 1. The number of nitrogens with zero attached hydrogens (tertiary/aromatic N) is 1. The molecule has 1 aliphatic carbocycles. The molecule has 0 aromatic heterocycles. The van der Waals surface area contributed by atoms with Crippen LogP contribution < -0.4 is 0 Å². The minimum atomic E-state index is -0.898. The Morgan fingerprint density at radius 3 is 2.64 bits per heavy atom. The summed E-state index contributed by atoms with van der Waals surface area (Å²) in [7, 11) is 0. The van der Waals surface area contributed by atoms with Gasteiger partial charge in [-0.15, -0.1) is 0 Å². The SMILES string of the molecule is CC1(C)CC2CC(C)(CN2CC(O)c2ccc(F)c(F)c2)C1. The number of aliphatic hydroxyl groups excluding tert-OH is 1. The van der Waals surface area contributed by atoms with E-state index in [4.69, 9.17) is 0 Å². The molecule has 0 amide bonds. The van der Waals surface area contributed by atoms with Gasteiger partial charge in [0.05, 0.1) is 6.10 Å². The quantitative estimate of drug-likeness (QED) is 0.915. The van der Waals surface area contributed by atoms with Gasteiger partial charge in [-0.25, -0.2) is 8.78 Å². The lowest BCUT2D eigenvalue weighted by Gasteiger charge is -2.40. The minimum Gasteiger partial charge on any atom is -0.387 e. The van der Waals surface area contributed by atoms with E-state index in [0.717, 1.165) is 25.1 Å². The zero-order valence-corrected chi connectivity index (χ0v) is 13.6. The highest BCUT2D eigenvalue weighted by Crippen LogP contribution is 2.52. The molecule has 1 saturated carbocycles. The minimum absolute atomic E-state index is 0.306. The molecule has 4 heteroatoms. The number of rotatable bonds is 3. The average Bonchev–Trinajstić information content (AvgIpc) is 2.61. The molecule has 1 aromatic carbocycles. The maximum Gasteiger partial charge on any atom is 0.159 e. The highest BCUT2D eigenvalue weighted by Gasteiger charge is 2.49. The predicted octanol–water partition coefficient (Wildman–Crippen LogP) is 3.90. The molecule has 2 fully saturated rings. The van der Waals surface area contributed by atoms with E-state index in [9.17, 15) is 13.9 Å². The van der Waals surface area contributed by atoms with Crippen molar-refractivity contribution in [3.05, 3.63) is 35.4 Å². The molecule has 3 atom stereocenters. The van der Waals surface area contributed by atoms with Crippen molar-refractivity contribution in [3.8, 4) is 0 Å². The molecule has 1 N–H and O–H groups in total. The topological polar surface area (TPSA) is 23.5 Å². The van der Waals surface area contributed by atoms with Crippen LogP contribution in [0.2, 0.25) is 0 Å². The summed E-state index contributed by atoms with van der Waals surface area (Å²) in [5.74, 6) is -1.77. The summed E-state index contributed by atoms with van der Waals surface area (Å²) >= 11 is 0. The van der Waals surface area contributed by atoms with Gasteiger partial charge < -0.3 is 5.11 Å². The molecule has 3 unspecified atom stereocenters. The Kier molecular flexibility index (Phi) is 3.81. The maximum absolute atomic E-state index is 13.3. The molecule has 0 spiro atoms. The van der Waals surface area contributed by atoms with Gasteiger partial charge in [-0.05, 0) is 47.8 Å². The summed E-state index contributed by atoms with van der Waals surface area (Å²) in [5, 5.41) is 10.4. The van der Waals surface area contributed by atoms with Gasteiger partial charge in [-0.2, -0.15) is 0 Å². The standard InChI is InChI=1S/C18H25F2NO/c1-17(2)7-13-8-18(3,10-17)11-21(13)9-16(22)12-4-5-14(19)15(20)6-12/h4-6,13,16,22H,7-11H2,1-3H3. The molecule has 2 aliphatic rings. The van der Waals surface area contributed by atoms with Crippen LogP contribution in [-0.4, -0.2) is 29.1 Å². The van der Waals surface area contributed by atoms with Gasteiger partial charge in [0, 0.05) is 19.1 Å². The van der Waals surface area contributed by atoms with Gasteiger partial charge in [0.25, 0.3) is 0 Å². The van der Waals surface area contributed by atoms with E-state index in [2.05, 4.69) is 25.7 Å². The van der Waals surface area contributed by atoms with E-state index in [-0.39, 0.29) is 0 Å². The third kappa shape index (κ3) is 3.04. The van der Waals surface area contributed by atoms with E-state index >= 15 is 0 Å². The third-order valence-corrected chi connectivity index (χ3v) is 5.26.